The van der Waals surface area contributed by atoms with E-state index in [1.165, 1.54) is 33.3 Å². The first-order valence-electron chi connectivity index (χ1n) is 43.0. The van der Waals surface area contributed by atoms with Crippen LogP contribution in [0.15, 0.2) is 273 Å². The molecule has 15 rings (SSSR count). The maximum absolute atomic E-state index is 12.9. The van der Waals surface area contributed by atoms with Gasteiger partial charge in [-0.3, -0.25) is 24.0 Å². The molecule has 0 spiro atoms. The molecule has 730 valence electrons. The number of carbonyl (C=O) groups excluding carboxylic acids is 6. The minimum absolute atomic E-state index is 0. The highest BCUT2D eigenvalue weighted by molar-refractivity contribution is 6.70. The number of hydrogen-bond donors (Lipinski definition) is 6. The summed E-state index contributed by atoms with van der Waals surface area (Å²) in [5.74, 6) is 1.11. The number of esters is 2. The van der Waals surface area contributed by atoms with Gasteiger partial charge < -0.3 is 79.3 Å². The lowest BCUT2D eigenvalue weighted by molar-refractivity contribution is -0.145. The lowest BCUT2D eigenvalue weighted by Gasteiger charge is -2.18. The SMILES string of the molecule is COC(=O)C(Cc1ccc2cc(-c3c(OC)cccc3OC)ccc2c1)NC(=O)c1c(Cl)cccc1Cl.COC(=O)C(Cc1ccc2cc(-c3c(OC)cccc3OC)ccc2c1)NC(C)=O.COc1cccc(OC)c1-c1ccc2cc(CC(N)C(=O)O)ccc2c1.COc1cccc(OC)c1-c1ccc2cc(CC(NC(=O)c3c(Cl)cccc3Cl)C(=O)O)ccc2c1.Cl.O=C(Cl)c1c(Cl)cccc1Cl. The maximum atomic E-state index is 12.9. The molecule has 0 aliphatic heterocycles. The van der Waals surface area contributed by atoms with Crippen molar-refractivity contribution in [3.63, 3.8) is 0 Å². The number of aliphatic carboxylic acids is 2. The number of ether oxygens (including phenoxy) is 10. The number of carboxylic acids is 2. The summed E-state index contributed by atoms with van der Waals surface area (Å²) in [6.45, 7) is 1.38. The normalized spacial score (nSPS) is 11.5. The number of nitrogens with two attached hydrogens (primary N) is 1. The second kappa shape index (κ2) is 51.8. The third-order valence-corrected chi connectivity index (χ3v) is 24.5. The highest BCUT2D eigenvalue weighted by Gasteiger charge is 2.29. The minimum atomic E-state index is -1.17. The fraction of sp³-hybridized carbons (Fsp3) is 0.174. The van der Waals surface area contributed by atoms with Crippen molar-refractivity contribution in [3.8, 4) is 90.5 Å². The van der Waals surface area contributed by atoms with Gasteiger partial charge in [-0.1, -0.05) is 233 Å². The Labute approximate surface area is 855 Å². The van der Waals surface area contributed by atoms with E-state index in [-0.39, 0.29) is 78.0 Å². The van der Waals surface area contributed by atoms with Gasteiger partial charge in [-0.2, -0.15) is 0 Å². The van der Waals surface area contributed by atoms with Crippen LogP contribution in [0.2, 0.25) is 30.1 Å². The fourth-order valence-electron chi connectivity index (χ4n) is 15.6. The zero-order chi connectivity index (χ0) is 101. The maximum Gasteiger partial charge on any atom is 0.328 e. The molecule has 0 fully saturated rings. The van der Waals surface area contributed by atoms with E-state index in [9.17, 15) is 43.5 Å². The number of halogens is 8. The van der Waals surface area contributed by atoms with Gasteiger partial charge in [0.2, 0.25) is 5.91 Å². The summed E-state index contributed by atoms with van der Waals surface area (Å²) in [6.07, 6.45) is 0.956. The lowest BCUT2D eigenvalue weighted by Crippen LogP contribution is -2.43. The number of rotatable bonds is 30. The van der Waals surface area contributed by atoms with Crippen molar-refractivity contribution in [1.29, 1.82) is 0 Å². The lowest BCUT2D eigenvalue weighted by atomic mass is 9.97. The number of carbonyl (C=O) groups is 8. The standard InChI is InChI=1S/C29H25Cl2NO5.C28H23Cl2NO5.C24H25NO5.C21H21NO4.C7H3Cl3O.ClH/c1-35-24-8-5-9-25(36-2)26(24)20-13-12-18-14-17(10-11-19(18)16-20)15-23(29(34)37-3)32-28(33)27-21(30)6-4-7-22(27)31;1-35-23-7-4-8-24(36-2)25(23)19-12-11-17-13-16(9-10-18(17)15-19)14-22(28(33)34)31-27(32)26-20(29)5-3-6-21(26)30;1-15(26)25-20(24(27)30-4)13-16-8-9-18-14-19(11-10-17(18)12-16)23-21(28-2)6-5-7-22(23)29-3;1-25-18-4-3-5-19(26-2)20(18)16-9-8-14-10-13(6-7-15(14)12-16)11-17(22)21(23)24;8-4-2-1-3-5(9)6(4)7(10)11;/h4-14,16,23H,15H2,1-3H3,(H,32,33);3-13,15,22H,14H2,1-2H3,(H,31,32)(H,33,34);5-12,14,20H,13H2,1-4H3,(H,25,26);3-10,12,17H,11,22H2,1-2H3,(H,23,24);1-3H;1H. The van der Waals surface area contributed by atoms with Gasteiger partial charge in [-0.15, -0.1) is 12.4 Å². The summed E-state index contributed by atoms with van der Waals surface area (Å²) in [4.78, 5) is 95.1. The summed E-state index contributed by atoms with van der Waals surface area (Å²) >= 11 is 41.0. The van der Waals surface area contributed by atoms with E-state index in [1.807, 2.05) is 200 Å². The highest BCUT2D eigenvalue weighted by atomic mass is 35.5. The molecule has 0 saturated carbocycles. The number of benzene rings is 15. The molecule has 0 aliphatic rings. The molecule has 15 aromatic rings. The predicted octanol–water partition coefficient (Wildman–Crippen LogP) is 23.6. The Bertz CT molecular complexity index is 6960. The quantitative estimate of drug-likeness (QED) is 0.0180. The largest absolute Gasteiger partial charge is 0.496 e. The Morgan fingerprint density at radius 1 is 0.291 bits per heavy atom. The Kier molecular flexibility index (Phi) is 40.0. The first kappa shape index (κ1) is 109. The van der Waals surface area contributed by atoms with E-state index >= 15 is 0 Å². The predicted molar refractivity (Wildman–Crippen MR) is 559 cm³/mol. The smallest absolute Gasteiger partial charge is 0.328 e. The molecule has 7 N–H and O–H groups in total. The molecule has 0 radical (unpaired) electrons. The molecule has 0 aliphatic carbocycles. The molecule has 24 nitrogen and oxygen atoms in total. The van der Waals surface area contributed by atoms with Crippen molar-refractivity contribution in [2.24, 2.45) is 5.73 Å². The van der Waals surface area contributed by atoms with Gasteiger partial charge in [-0.05, 0) is 215 Å². The first-order valence-corrected chi connectivity index (χ1v) is 45.7. The Morgan fingerprint density at radius 3 is 0.738 bits per heavy atom. The molecule has 0 bridgehead atoms. The molecule has 0 saturated heterocycles. The topological polar surface area (TPSA) is 331 Å². The number of amides is 3. The van der Waals surface area contributed by atoms with Crippen LogP contribution in [0.3, 0.4) is 0 Å². The van der Waals surface area contributed by atoms with Crippen LogP contribution >= 0.6 is 93.6 Å². The third-order valence-electron chi connectivity index (χ3n) is 22.4. The minimum Gasteiger partial charge on any atom is -0.496 e. The van der Waals surface area contributed by atoms with Gasteiger partial charge in [0, 0.05) is 26.2 Å². The second-order valence-electron chi connectivity index (χ2n) is 31.2. The van der Waals surface area contributed by atoms with E-state index in [2.05, 4.69) is 34.1 Å². The number of hydrogen-bond acceptors (Lipinski definition) is 19. The summed E-state index contributed by atoms with van der Waals surface area (Å²) < 4.78 is 53.9. The van der Waals surface area contributed by atoms with E-state index < -0.39 is 65.1 Å². The third kappa shape index (κ3) is 27.8. The zero-order valence-corrected chi connectivity index (χ0v) is 84.1. The van der Waals surface area contributed by atoms with Gasteiger partial charge in [0.05, 0.1) is 140 Å². The van der Waals surface area contributed by atoms with Gasteiger partial charge in [0.15, 0.2) is 0 Å². The molecule has 0 heterocycles. The van der Waals surface area contributed by atoms with Crippen LogP contribution in [-0.2, 0) is 59.1 Å². The molecule has 4 atom stereocenters. The molecule has 4 unspecified atom stereocenters. The van der Waals surface area contributed by atoms with E-state index in [0.717, 1.165) is 133 Å². The molecular formula is C109H98Cl8N4O20. The van der Waals surface area contributed by atoms with E-state index in [0.29, 0.717) is 35.8 Å². The van der Waals surface area contributed by atoms with Crippen molar-refractivity contribution in [3.05, 3.63) is 342 Å². The van der Waals surface area contributed by atoms with Gasteiger partial charge >= 0.3 is 23.9 Å². The van der Waals surface area contributed by atoms with Crippen LogP contribution in [-0.4, -0.2) is 152 Å². The van der Waals surface area contributed by atoms with Crippen molar-refractivity contribution < 1.29 is 95.9 Å². The molecule has 32 heteroatoms. The Balaban J connectivity index is 0.000000187. The summed E-state index contributed by atoms with van der Waals surface area (Å²) in [7, 11) is 15.6. The Hall–Kier alpha value is -14.0. The second-order valence-corrected chi connectivity index (χ2v) is 34.0. The number of nitrogens with one attached hydrogen (secondary N) is 3. The summed E-state index contributed by atoms with van der Waals surface area (Å²) in [5.41, 5.74) is 16.7. The van der Waals surface area contributed by atoms with Crippen molar-refractivity contribution in [2.75, 3.05) is 71.1 Å². The summed E-state index contributed by atoms with van der Waals surface area (Å²) in [6, 6.07) is 80.7. The van der Waals surface area contributed by atoms with Crippen LogP contribution in [0, 0.1) is 0 Å². The fourth-order valence-corrected chi connectivity index (χ4v) is 17.6. The molecule has 3 amide bonds. The van der Waals surface area contributed by atoms with Crippen molar-refractivity contribution in [2.45, 2.75) is 56.8 Å². The van der Waals surface area contributed by atoms with Crippen LogP contribution in [0.1, 0.15) is 60.3 Å². The average molecular weight is 2070 g/mol. The van der Waals surface area contributed by atoms with E-state index in [1.54, 1.807) is 99.3 Å². The van der Waals surface area contributed by atoms with Crippen LogP contribution in [0.25, 0.3) is 87.6 Å². The van der Waals surface area contributed by atoms with E-state index in [4.69, 9.17) is 139 Å². The number of fused-ring (bicyclic) bond motifs is 4. The average Bonchev–Trinajstić information content (AvgIpc) is 0.766. The van der Waals surface area contributed by atoms with Crippen LogP contribution in [0.4, 0.5) is 0 Å². The summed E-state index contributed by atoms with van der Waals surface area (Å²) in [5, 5.41) is 35.2. The van der Waals surface area contributed by atoms with Crippen LogP contribution < -0.4 is 59.6 Å². The number of carboxylic acid groups (broad SMARTS) is 2. The molecule has 15 aromatic carbocycles. The molecule has 141 heavy (non-hydrogen) atoms. The van der Waals surface area contributed by atoms with Gasteiger partial charge in [0.1, 0.15) is 70.2 Å². The van der Waals surface area contributed by atoms with Crippen molar-refractivity contribution >= 4 is 184 Å². The van der Waals surface area contributed by atoms with Gasteiger partial charge in [0.25, 0.3) is 17.1 Å². The van der Waals surface area contributed by atoms with Gasteiger partial charge in [-0.25, -0.2) is 14.4 Å². The van der Waals surface area contributed by atoms with Crippen LogP contribution in [0.5, 0.6) is 46.0 Å². The Morgan fingerprint density at radius 2 is 0.511 bits per heavy atom. The molecular weight excluding hydrogens is 1970 g/mol. The first-order chi connectivity index (χ1) is 67.3. The van der Waals surface area contributed by atoms with Crippen molar-refractivity contribution in [1.82, 2.24) is 16.0 Å². The molecule has 0 aromatic heterocycles. The monoisotopic (exact) mass is 2060 g/mol. The number of methoxy groups -OCH3 is 10. The highest BCUT2D eigenvalue weighted by Crippen LogP contribution is 2.45. The zero-order valence-electron chi connectivity index (χ0n) is 78.0.